The Bertz CT molecular complexity index is 932. The molecule has 30 heavy (non-hydrogen) atoms. The molecule has 0 bridgehead atoms. The molecular formula is C21H29IN4O3S. The molecule has 2 rings (SSSR count). The molecule has 2 aromatic rings. The number of benzene rings is 2. The van der Waals surface area contributed by atoms with Crippen molar-refractivity contribution in [3.05, 3.63) is 72.3 Å². The second-order valence-electron chi connectivity index (χ2n) is 6.27. The molecule has 2 aromatic carbocycles. The van der Waals surface area contributed by atoms with Crippen molar-refractivity contribution in [2.45, 2.75) is 18.4 Å². The summed E-state index contributed by atoms with van der Waals surface area (Å²) in [6.07, 6.45) is 1.70. The molecule has 0 atom stereocenters. The van der Waals surface area contributed by atoms with Gasteiger partial charge in [-0.1, -0.05) is 48.6 Å². The summed E-state index contributed by atoms with van der Waals surface area (Å²) in [4.78, 5) is 4.41. The number of para-hydroxylation sites is 1. The maximum atomic E-state index is 12.3. The minimum absolute atomic E-state index is 0. The van der Waals surface area contributed by atoms with E-state index in [-0.39, 0.29) is 35.4 Å². The van der Waals surface area contributed by atoms with E-state index in [1.165, 1.54) is 0 Å². The lowest BCUT2D eigenvalue weighted by atomic mass is 10.2. The van der Waals surface area contributed by atoms with E-state index in [1.54, 1.807) is 37.4 Å². The van der Waals surface area contributed by atoms with Gasteiger partial charge in [0.25, 0.3) is 0 Å². The van der Waals surface area contributed by atoms with Crippen molar-refractivity contribution >= 4 is 40.0 Å². The van der Waals surface area contributed by atoms with Gasteiger partial charge < -0.3 is 15.4 Å². The number of nitrogens with one attached hydrogen (secondary N) is 3. The fraction of sp³-hybridized carbons (Fsp3) is 0.286. The van der Waals surface area contributed by atoms with Crippen LogP contribution >= 0.6 is 24.0 Å². The third-order valence-electron chi connectivity index (χ3n) is 4.04. The summed E-state index contributed by atoms with van der Waals surface area (Å²) >= 11 is 0. The number of halogens is 1. The normalized spacial score (nSPS) is 11.3. The monoisotopic (exact) mass is 544 g/mol. The number of hydrogen-bond donors (Lipinski definition) is 3. The molecule has 0 aliphatic heterocycles. The topological polar surface area (TPSA) is 91.8 Å². The summed E-state index contributed by atoms with van der Waals surface area (Å²) in [6.45, 7) is 7.14. The summed E-state index contributed by atoms with van der Waals surface area (Å²) in [5.74, 6) is 1.35. The van der Waals surface area contributed by atoms with Gasteiger partial charge >= 0.3 is 0 Å². The number of hydrogen-bond acceptors (Lipinski definition) is 4. The van der Waals surface area contributed by atoms with Gasteiger partial charge in [-0.05, 0) is 25.1 Å². The van der Waals surface area contributed by atoms with Crippen molar-refractivity contribution in [1.29, 1.82) is 0 Å². The van der Waals surface area contributed by atoms with E-state index in [4.69, 9.17) is 4.74 Å². The predicted molar refractivity (Wildman–Crippen MR) is 132 cm³/mol. The molecule has 0 saturated carbocycles. The Hall–Kier alpha value is -2.11. The van der Waals surface area contributed by atoms with Gasteiger partial charge in [-0.3, -0.25) is 4.99 Å². The molecule has 0 aliphatic rings. The first kappa shape index (κ1) is 25.9. The molecule has 0 amide bonds. The van der Waals surface area contributed by atoms with Gasteiger partial charge in [0, 0.05) is 32.2 Å². The van der Waals surface area contributed by atoms with Gasteiger partial charge in [0.05, 0.1) is 4.90 Å². The van der Waals surface area contributed by atoms with Crippen LogP contribution in [-0.4, -0.2) is 41.1 Å². The van der Waals surface area contributed by atoms with Crippen molar-refractivity contribution in [1.82, 2.24) is 15.4 Å². The van der Waals surface area contributed by atoms with Crippen LogP contribution in [0.2, 0.25) is 0 Å². The molecule has 0 aromatic heterocycles. The molecule has 0 fully saturated rings. The molecule has 0 aliphatic carbocycles. The average molecular weight is 544 g/mol. The molecule has 0 radical (unpaired) electrons. The van der Waals surface area contributed by atoms with E-state index in [1.807, 2.05) is 31.2 Å². The SMILES string of the molecule is C=CCOc1ccccc1CNC(=NC)NCCNS(=O)(=O)c1ccc(C)cc1.I. The van der Waals surface area contributed by atoms with Crippen LogP contribution in [0.1, 0.15) is 11.1 Å². The Labute approximate surface area is 196 Å². The highest BCUT2D eigenvalue weighted by Gasteiger charge is 2.12. The van der Waals surface area contributed by atoms with Gasteiger partial charge in [-0.2, -0.15) is 0 Å². The number of rotatable bonds is 10. The predicted octanol–water partition coefficient (Wildman–Crippen LogP) is 2.82. The summed E-state index contributed by atoms with van der Waals surface area (Å²) in [5.41, 5.74) is 1.99. The lowest BCUT2D eigenvalue weighted by Gasteiger charge is -2.14. The third kappa shape index (κ3) is 8.33. The second-order valence-corrected chi connectivity index (χ2v) is 8.04. The number of nitrogens with zero attached hydrogens (tertiary/aromatic N) is 1. The van der Waals surface area contributed by atoms with Gasteiger partial charge in [-0.25, -0.2) is 13.1 Å². The molecule has 9 heteroatoms. The molecule has 3 N–H and O–H groups in total. The zero-order chi connectivity index (χ0) is 21.1. The molecule has 0 heterocycles. The van der Waals surface area contributed by atoms with E-state index in [9.17, 15) is 8.42 Å². The van der Waals surface area contributed by atoms with Crippen molar-refractivity contribution in [3.63, 3.8) is 0 Å². The summed E-state index contributed by atoms with van der Waals surface area (Å²) in [7, 11) is -1.87. The Morgan fingerprint density at radius 1 is 1.10 bits per heavy atom. The zero-order valence-corrected chi connectivity index (χ0v) is 20.4. The largest absolute Gasteiger partial charge is 0.489 e. The Morgan fingerprint density at radius 3 is 2.47 bits per heavy atom. The summed E-state index contributed by atoms with van der Waals surface area (Å²) < 4.78 is 32.8. The first-order chi connectivity index (χ1) is 14.0. The highest BCUT2D eigenvalue weighted by atomic mass is 127. The van der Waals surface area contributed by atoms with Crippen LogP contribution < -0.4 is 20.1 Å². The highest BCUT2D eigenvalue weighted by molar-refractivity contribution is 14.0. The Kier molecular flexibility index (Phi) is 11.4. The minimum atomic E-state index is -3.53. The smallest absolute Gasteiger partial charge is 0.240 e. The van der Waals surface area contributed by atoms with Crippen LogP contribution in [0.3, 0.4) is 0 Å². The quantitative estimate of drug-likeness (QED) is 0.141. The molecule has 0 spiro atoms. The standard InChI is InChI=1S/C21H28N4O3S.HI/c1-4-15-28-20-8-6-5-7-18(20)16-24-21(22-3)23-13-14-25-29(26,27)19-11-9-17(2)10-12-19;/h4-12,25H,1,13-16H2,2-3H3,(H2,22,23,24);1H. The van der Waals surface area contributed by atoms with Crippen molar-refractivity contribution in [3.8, 4) is 5.75 Å². The van der Waals surface area contributed by atoms with Crippen molar-refractivity contribution < 1.29 is 13.2 Å². The van der Waals surface area contributed by atoms with Gasteiger partial charge in [-0.15, -0.1) is 24.0 Å². The maximum Gasteiger partial charge on any atom is 0.240 e. The van der Waals surface area contributed by atoms with E-state index in [2.05, 4.69) is 26.9 Å². The van der Waals surface area contributed by atoms with Gasteiger partial charge in [0.2, 0.25) is 10.0 Å². The molecule has 7 nitrogen and oxygen atoms in total. The van der Waals surface area contributed by atoms with Crippen LogP contribution in [0, 0.1) is 6.92 Å². The van der Waals surface area contributed by atoms with Crippen LogP contribution in [0.15, 0.2) is 71.1 Å². The average Bonchev–Trinajstić information content (AvgIpc) is 2.72. The van der Waals surface area contributed by atoms with Crippen LogP contribution in [0.5, 0.6) is 5.75 Å². The molecular weight excluding hydrogens is 515 g/mol. The Morgan fingerprint density at radius 2 is 1.80 bits per heavy atom. The number of guanidine groups is 1. The fourth-order valence-electron chi connectivity index (χ4n) is 2.51. The second kappa shape index (κ2) is 13.2. The van der Waals surface area contributed by atoms with Crippen molar-refractivity contribution in [2.24, 2.45) is 4.99 Å². The number of sulfonamides is 1. The lowest BCUT2D eigenvalue weighted by molar-refractivity contribution is 0.358. The van der Waals surface area contributed by atoms with Gasteiger partial charge in [0.15, 0.2) is 5.96 Å². The fourth-order valence-corrected chi connectivity index (χ4v) is 3.54. The first-order valence-corrected chi connectivity index (χ1v) is 10.8. The zero-order valence-electron chi connectivity index (χ0n) is 17.2. The van der Waals surface area contributed by atoms with Crippen LogP contribution in [0.25, 0.3) is 0 Å². The maximum absolute atomic E-state index is 12.3. The van der Waals surface area contributed by atoms with E-state index >= 15 is 0 Å². The Balaban J connectivity index is 0.00000450. The molecule has 0 saturated heterocycles. The first-order valence-electron chi connectivity index (χ1n) is 9.28. The van der Waals surface area contributed by atoms with E-state index in [0.29, 0.717) is 25.7 Å². The summed E-state index contributed by atoms with van der Waals surface area (Å²) in [6, 6.07) is 14.5. The molecule has 164 valence electrons. The number of aliphatic imine (C=N–C) groups is 1. The summed E-state index contributed by atoms with van der Waals surface area (Å²) in [5, 5.41) is 6.28. The van der Waals surface area contributed by atoms with E-state index < -0.39 is 10.0 Å². The van der Waals surface area contributed by atoms with Crippen molar-refractivity contribution in [2.75, 3.05) is 26.7 Å². The van der Waals surface area contributed by atoms with E-state index in [0.717, 1.165) is 16.9 Å². The van der Waals surface area contributed by atoms with Crippen LogP contribution in [-0.2, 0) is 16.6 Å². The van der Waals surface area contributed by atoms with Crippen LogP contribution in [0.4, 0.5) is 0 Å². The van der Waals surface area contributed by atoms with Gasteiger partial charge in [0.1, 0.15) is 12.4 Å². The highest BCUT2D eigenvalue weighted by Crippen LogP contribution is 2.17. The number of ether oxygens (including phenoxy) is 1. The number of aryl methyl sites for hydroxylation is 1. The lowest BCUT2D eigenvalue weighted by Crippen LogP contribution is -2.41. The minimum Gasteiger partial charge on any atom is -0.489 e. The third-order valence-corrected chi connectivity index (χ3v) is 5.52. The molecule has 0 unspecified atom stereocenters.